The van der Waals surface area contributed by atoms with Crippen molar-refractivity contribution >= 4 is 6.16 Å². The Kier molecular flexibility index (Phi) is 8.39. The molecule has 0 aliphatic rings. The van der Waals surface area contributed by atoms with Gasteiger partial charge in [-0.25, -0.2) is 4.79 Å². The maximum absolute atomic E-state index is 10.2. The van der Waals surface area contributed by atoms with E-state index in [0.29, 0.717) is 12.5 Å². The van der Waals surface area contributed by atoms with Crippen molar-refractivity contribution in [3.05, 3.63) is 0 Å². The van der Waals surface area contributed by atoms with E-state index in [2.05, 4.69) is 18.6 Å². The smallest absolute Gasteiger partial charge is 0.450 e. The lowest BCUT2D eigenvalue weighted by atomic mass is 9.97. The predicted octanol–water partition coefficient (Wildman–Crippen LogP) is 3.68. The van der Waals surface area contributed by atoms with E-state index >= 15 is 0 Å². The standard InChI is InChI=1S/C11H22O3/c1-3-5-6-8-10(7-4-2)9-14-11(12)13/h10H,3-9H2,1-2H3,(H,12,13). The number of hydrogen-bond donors (Lipinski definition) is 1. The molecule has 0 radical (unpaired) electrons. The molecule has 0 saturated heterocycles. The summed E-state index contributed by atoms with van der Waals surface area (Å²) in [6.07, 6.45) is 5.73. The van der Waals surface area contributed by atoms with E-state index in [0.717, 1.165) is 19.3 Å². The Morgan fingerprint density at radius 3 is 2.43 bits per heavy atom. The van der Waals surface area contributed by atoms with Crippen molar-refractivity contribution in [2.45, 2.75) is 52.4 Å². The molecule has 0 fully saturated rings. The number of unbranched alkanes of at least 4 members (excludes halogenated alkanes) is 2. The largest absolute Gasteiger partial charge is 0.505 e. The van der Waals surface area contributed by atoms with Crippen molar-refractivity contribution in [1.29, 1.82) is 0 Å². The van der Waals surface area contributed by atoms with Crippen molar-refractivity contribution in [1.82, 2.24) is 0 Å². The minimum atomic E-state index is -1.15. The fraction of sp³-hybridized carbons (Fsp3) is 0.909. The van der Waals surface area contributed by atoms with E-state index in [1.807, 2.05) is 0 Å². The molecule has 0 bridgehead atoms. The van der Waals surface area contributed by atoms with Crippen LogP contribution in [0.1, 0.15) is 52.4 Å². The van der Waals surface area contributed by atoms with Crippen LogP contribution in [0.4, 0.5) is 4.79 Å². The first kappa shape index (κ1) is 13.3. The number of ether oxygens (including phenoxy) is 1. The molecule has 0 rings (SSSR count). The molecule has 0 saturated carbocycles. The molecule has 3 nitrogen and oxygen atoms in total. The van der Waals surface area contributed by atoms with Crippen LogP contribution in [0.3, 0.4) is 0 Å². The lowest BCUT2D eigenvalue weighted by molar-refractivity contribution is 0.0733. The highest BCUT2D eigenvalue weighted by Crippen LogP contribution is 2.16. The number of rotatable bonds is 8. The number of carboxylic acid groups (broad SMARTS) is 1. The van der Waals surface area contributed by atoms with Gasteiger partial charge >= 0.3 is 6.16 Å². The summed E-state index contributed by atoms with van der Waals surface area (Å²) in [5, 5.41) is 8.38. The van der Waals surface area contributed by atoms with E-state index in [4.69, 9.17) is 5.11 Å². The van der Waals surface area contributed by atoms with Crippen molar-refractivity contribution in [3.63, 3.8) is 0 Å². The minimum absolute atomic E-state index is 0.368. The van der Waals surface area contributed by atoms with Gasteiger partial charge in [-0.05, 0) is 18.8 Å². The van der Waals surface area contributed by atoms with Gasteiger partial charge in [0, 0.05) is 0 Å². The van der Waals surface area contributed by atoms with Gasteiger partial charge in [0.2, 0.25) is 0 Å². The molecule has 0 aromatic rings. The maximum atomic E-state index is 10.2. The second kappa shape index (κ2) is 8.85. The molecule has 0 spiro atoms. The molecule has 0 amide bonds. The highest BCUT2D eigenvalue weighted by atomic mass is 16.7. The molecule has 1 unspecified atom stereocenters. The van der Waals surface area contributed by atoms with Gasteiger partial charge in [0.25, 0.3) is 0 Å². The molecule has 0 aromatic carbocycles. The number of carbonyl (C=O) groups is 1. The lowest BCUT2D eigenvalue weighted by Gasteiger charge is -2.14. The normalized spacial score (nSPS) is 12.4. The molecule has 0 heterocycles. The molecule has 1 atom stereocenters. The van der Waals surface area contributed by atoms with Gasteiger partial charge in [0.15, 0.2) is 0 Å². The van der Waals surface area contributed by atoms with Crippen molar-refractivity contribution in [2.75, 3.05) is 6.61 Å². The van der Waals surface area contributed by atoms with Gasteiger partial charge in [-0.2, -0.15) is 0 Å². The van der Waals surface area contributed by atoms with Crippen LogP contribution < -0.4 is 0 Å². The summed E-state index contributed by atoms with van der Waals surface area (Å²) in [4.78, 5) is 10.2. The molecule has 0 aromatic heterocycles. The Labute approximate surface area is 86.5 Å². The van der Waals surface area contributed by atoms with Crippen molar-refractivity contribution < 1.29 is 14.6 Å². The third-order valence-electron chi connectivity index (χ3n) is 2.36. The molecule has 1 N–H and O–H groups in total. The topological polar surface area (TPSA) is 46.5 Å². The zero-order valence-electron chi connectivity index (χ0n) is 9.29. The van der Waals surface area contributed by atoms with E-state index in [1.54, 1.807) is 0 Å². The van der Waals surface area contributed by atoms with Gasteiger partial charge in [0.1, 0.15) is 0 Å². The molecular weight excluding hydrogens is 180 g/mol. The van der Waals surface area contributed by atoms with Gasteiger partial charge in [0.05, 0.1) is 6.61 Å². The van der Waals surface area contributed by atoms with Crippen LogP contribution in [0.5, 0.6) is 0 Å². The summed E-state index contributed by atoms with van der Waals surface area (Å²) in [6.45, 7) is 4.66. The fourth-order valence-corrected chi connectivity index (χ4v) is 1.59. The molecule has 14 heavy (non-hydrogen) atoms. The minimum Gasteiger partial charge on any atom is -0.450 e. The van der Waals surface area contributed by atoms with Crippen molar-refractivity contribution in [2.24, 2.45) is 5.92 Å². The maximum Gasteiger partial charge on any atom is 0.505 e. The summed E-state index contributed by atoms with van der Waals surface area (Å²) < 4.78 is 4.60. The van der Waals surface area contributed by atoms with Gasteiger partial charge in [-0.1, -0.05) is 39.5 Å². The molecule has 3 heteroatoms. The van der Waals surface area contributed by atoms with Crippen LogP contribution in [0.25, 0.3) is 0 Å². The SMILES string of the molecule is CCCCCC(CCC)COC(=O)O. The fourth-order valence-electron chi connectivity index (χ4n) is 1.59. The van der Waals surface area contributed by atoms with Crippen LogP contribution in [0.2, 0.25) is 0 Å². The average molecular weight is 202 g/mol. The van der Waals surface area contributed by atoms with Crippen LogP contribution >= 0.6 is 0 Å². The molecule has 84 valence electrons. The summed E-state index contributed by atoms with van der Waals surface area (Å²) in [5.41, 5.74) is 0. The molecule has 0 aliphatic heterocycles. The van der Waals surface area contributed by atoms with Crippen LogP contribution in [-0.2, 0) is 4.74 Å². The monoisotopic (exact) mass is 202 g/mol. The van der Waals surface area contributed by atoms with Crippen LogP contribution in [-0.4, -0.2) is 17.9 Å². The zero-order chi connectivity index (χ0) is 10.8. The van der Waals surface area contributed by atoms with E-state index in [-0.39, 0.29) is 0 Å². The van der Waals surface area contributed by atoms with Gasteiger partial charge < -0.3 is 9.84 Å². The second-order valence-corrected chi connectivity index (χ2v) is 3.73. The Balaban J connectivity index is 3.59. The van der Waals surface area contributed by atoms with Crippen LogP contribution in [0.15, 0.2) is 0 Å². The molecular formula is C11H22O3. The third kappa shape index (κ3) is 7.90. The Bertz CT molecular complexity index is 145. The summed E-state index contributed by atoms with van der Waals surface area (Å²) in [6, 6.07) is 0. The van der Waals surface area contributed by atoms with Gasteiger partial charge in [-0.3, -0.25) is 0 Å². The quantitative estimate of drug-likeness (QED) is 0.482. The first-order valence-electron chi connectivity index (χ1n) is 5.56. The first-order valence-corrected chi connectivity index (χ1v) is 5.56. The molecule has 0 aliphatic carbocycles. The summed E-state index contributed by atoms with van der Waals surface area (Å²) in [7, 11) is 0. The number of hydrogen-bond acceptors (Lipinski definition) is 2. The highest BCUT2D eigenvalue weighted by Gasteiger charge is 2.09. The Morgan fingerprint density at radius 1 is 1.21 bits per heavy atom. The Morgan fingerprint density at radius 2 is 1.93 bits per heavy atom. The van der Waals surface area contributed by atoms with E-state index in [1.165, 1.54) is 19.3 Å². The second-order valence-electron chi connectivity index (χ2n) is 3.73. The predicted molar refractivity (Wildman–Crippen MR) is 56.5 cm³/mol. The van der Waals surface area contributed by atoms with E-state index in [9.17, 15) is 4.79 Å². The van der Waals surface area contributed by atoms with Crippen LogP contribution in [0, 0.1) is 5.92 Å². The average Bonchev–Trinajstić information content (AvgIpc) is 2.14. The third-order valence-corrected chi connectivity index (χ3v) is 2.36. The lowest BCUT2D eigenvalue weighted by Crippen LogP contribution is -2.12. The van der Waals surface area contributed by atoms with Gasteiger partial charge in [-0.15, -0.1) is 0 Å². The highest BCUT2D eigenvalue weighted by molar-refractivity contribution is 5.56. The first-order chi connectivity index (χ1) is 6.70. The van der Waals surface area contributed by atoms with E-state index < -0.39 is 6.16 Å². The Hall–Kier alpha value is -0.730. The zero-order valence-corrected chi connectivity index (χ0v) is 9.29. The summed E-state index contributed by atoms with van der Waals surface area (Å²) in [5.74, 6) is 0.419. The van der Waals surface area contributed by atoms with Crippen molar-refractivity contribution in [3.8, 4) is 0 Å². The summed E-state index contributed by atoms with van der Waals surface area (Å²) >= 11 is 0.